The fraction of sp³-hybridized carbons (Fsp3) is 0.167. The molecule has 2 atom stereocenters. The minimum absolute atomic E-state index is 0.336. The lowest BCUT2D eigenvalue weighted by molar-refractivity contribution is -0.125. The molecule has 1 saturated heterocycles. The highest BCUT2D eigenvalue weighted by atomic mass is 35.5. The second-order valence-electron chi connectivity index (χ2n) is 6.04. The summed E-state index contributed by atoms with van der Waals surface area (Å²) in [5.74, 6) is -2.07. The number of aryl methyl sites for hydroxylation is 1. The molecule has 5 nitrogen and oxygen atoms in total. The van der Waals surface area contributed by atoms with Crippen molar-refractivity contribution in [1.82, 2.24) is 14.9 Å². The summed E-state index contributed by atoms with van der Waals surface area (Å²) in [4.78, 5) is 29.4. The molecule has 0 saturated carbocycles. The fourth-order valence-electron chi connectivity index (χ4n) is 3.47. The van der Waals surface area contributed by atoms with Gasteiger partial charge >= 0.3 is 0 Å². The molecule has 1 fully saturated rings. The number of fused-ring (bicyclic) bond motifs is 1. The molecule has 0 spiro atoms. The van der Waals surface area contributed by atoms with Crippen molar-refractivity contribution >= 4 is 46.0 Å². The number of hydrogen-bond acceptors (Lipinski definition) is 3. The number of amides is 2. The third-order valence-corrected chi connectivity index (χ3v) is 5.10. The fourth-order valence-corrected chi connectivity index (χ4v) is 3.99. The topological polar surface area (TPSA) is 64.0 Å². The first-order valence-corrected chi connectivity index (χ1v) is 8.42. The summed E-state index contributed by atoms with van der Waals surface area (Å²) < 4.78 is 1.85. The molecule has 1 aliphatic heterocycles. The number of nitrogens with one attached hydrogen (secondary N) is 1. The van der Waals surface area contributed by atoms with Gasteiger partial charge in [-0.3, -0.25) is 14.9 Å². The maximum absolute atomic E-state index is 12.6. The van der Waals surface area contributed by atoms with Crippen LogP contribution in [0.25, 0.3) is 11.0 Å². The first kappa shape index (κ1) is 16.1. The van der Waals surface area contributed by atoms with Crippen LogP contribution < -0.4 is 5.32 Å². The molecule has 0 radical (unpaired) electrons. The number of aromatic nitrogens is 2. The Bertz CT molecular complexity index is 1030. The van der Waals surface area contributed by atoms with E-state index in [1.165, 1.54) is 0 Å². The van der Waals surface area contributed by atoms with Gasteiger partial charge in [-0.1, -0.05) is 29.3 Å². The molecule has 2 unspecified atom stereocenters. The lowest BCUT2D eigenvalue weighted by atomic mass is 9.83. The Balaban J connectivity index is 1.91. The van der Waals surface area contributed by atoms with Crippen LogP contribution in [0.2, 0.25) is 10.0 Å². The van der Waals surface area contributed by atoms with E-state index in [1.54, 1.807) is 24.4 Å². The number of carbonyl (C=O) groups is 2. The number of imide groups is 1. The number of pyridine rings is 1. The summed E-state index contributed by atoms with van der Waals surface area (Å²) in [5.41, 5.74) is 2.09. The molecular formula is C18H13Cl2N3O2. The van der Waals surface area contributed by atoms with E-state index in [1.807, 2.05) is 29.9 Å². The SMILES string of the molecule is Cn1cc(C2C(=O)NC(=O)C2c2ccc(Cl)cc2Cl)c2cccnc21. The zero-order chi connectivity index (χ0) is 17.7. The van der Waals surface area contributed by atoms with Gasteiger partial charge in [0, 0.05) is 34.9 Å². The lowest BCUT2D eigenvalue weighted by Gasteiger charge is -2.17. The molecule has 126 valence electrons. The van der Waals surface area contributed by atoms with Gasteiger partial charge in [-0.05, 0) is 35.4 Å². The average molecular weight is 374 g/mol. The van der Waals surface area contributed by atoms with Crippen LogP contribution in [0.3, 0.4) is 0 Å². The molecule has 1 aliphatic rings. The van der Waals surface area contributed by atoms with Crippen LogP contribution in [0.15, 0.2) is 42.7 Å². The van der Waals surface area contributed by atoms with Crippen LogP contribution in [0.1, 0.15) is 23.0 Å². The Kier molecular flexibility index (Phi) is 3.78. The predicted molar refractivity (Wildman–Crippen MR) is 95.8 cm³/mol. The molecule has 0 bridgehead atoms. The molecular weight excluding hydrogens is 361 g/mol. The summed E-state index contributed by atoms with van der Waals surface area (Å²) in [5, 5.41) is 4.12. The highest BCUT2D eigenvalue weighted by Gasteiger charge is 2.45. The molecule has 3 aromatic rings. The Morgan fingerprint density at radius 3 is 2.52 bits per heavy atom. The third-order valence-electron chi connectivity index (χ3n) is 4.54. The van der Waals surface area contributed by atoms with E-state index < -0.39 is 11.8 Å². The van der Waals surface area contributed by atoms with Crippen LogP contribution in [-0.4, -0.2) is 21.4 Å². The molecule has 1 N–H and O–H groups in total. The van der Waals surface area contributed by atoms with Gasteiger partial charge in [-0.2, -0.15) is 0 Å². The number of carbonyl (C=O) groups excluding carboxylic acids is 2. The lowest BCUT2D eigenvalue weighted by Crippen LogP contribution is -2.21. The van der Waals surface area contributed by atoms with Crippen molar-refractivity contribution in [3.8, 4) is 0 Å². The number of hydrogen-bond donors (Lipinski definition) is 1. The maximum Gasteiger partial charge on any atom is 0.235 e. The van der Waals surface area contributed by atoms with Crippen LogP contribution in [0.4, 0.5) is 0 Å². The predicted octanol–water partition coefficient (Wildman–Crippen LogP) is 3.40. The zero-order valence-electron chi connectivity index (χ0n) is 13.2. The van der Waals surface area contributed by atoms with Crippen molar-refractivity contribution in [1.29, 1.82) is 0 Å². The zero-order valence-corrected chi connectivity index (χ0v) is 14.7. The molecule has 1 aromatic carbocycles. The van der Waals surface area contributed by atoms with Crippen molar-refractivity contribution < 1.29 is 9.59 Å². The molecule has 2 amide bonds. The largest absolute Gasteiger partial charge is 0.335 e. The average Bonchev–Trinajstić information content (AvgIpc) is 3.04. The first-order valence-electron chi connectivity index (χ1n) is 7.67. The number of benzene rings is 1. The van der Waals surface area contributed by atoms with Crippen molar-refractivity contribution in [2.24, 2.45) is 7.05 Å². The smallest absolute Gasteiger partial charge is 0.235 e. The Morgan fingerprint density at radius 1 is 1.08 bits per heavy atom. The molecule has 25 heavy (non-hydrogen) atoms. The van der Waals surface area contributed by atoms with E-state index in [9.17, 15) is 9.59 Å². The summed E-state index contributed by atoms with van der Waals surface area (Å²) in [6.45, 7) is 0. The van der Waals surface area contributed by atoms with Crippen molar-refractivity contribution in [2.45, 2.75) is 11.8 Å². The van der Waals surface area contributed by atoms with Gasteiger partial charge in [-0.25, -0.2) is 4.98 Å². The second-order valence-corrected chi connectivity index (χ2v) is 6.89. The van der Waals surface area contributed by atoms with Gasteiger partial charge in [0.25, 0.3) is 0 Å². The highest BCUT2D eigenvalue weighted by molar-refractivity contribution is 6.35. The monoisotopic (exact) mass is 373 g/mol. The number of rotatable bonds is 2. The number of halogens is 2. The van der Waals surface area contributed by atoms with Crippen molar-refractivity contribution in [2.75, 3.05) is 0 Å². The first-order chi connectivity index (χ1) is 12.0. The summed E-state index contributed by atoms with van der Waals surface area (Å²) >= 11 is 12.3. The minimum Gasteiger partial charge on any atom is -0.335 e. The molecule has 7 heteroatoms. The van der Waals surface area contributed by atoms with Gasteiger partial charge in [0.1, 0.15) is 5.65 Å². The van der Waals surface area contributed by atoms with Gasteiger partial charge < -0.3 is 4.57 Å². The standard InChI is InChI=1S/C18H13Cl2N3O2/c1-23-8-12(10-3-2-6-21-16(10)23)15-14(17(24)22-18(15)25)11-5-4-9(19)7-13(11)20/h2-8,14-15H,1H3,(H,22,24,25). The van der Waals surface area contributed by atoms with E-state index in [2.05, 4.69) is 10.3 Å². The van der Waals surface area contributed by atoms with Gasteiger partial charge in [0.05, 0.1) is 11.8 Å². The van der Waals surface area contributed by atoms with E-state index in [-0.39, 0.29) is 11.8 Å². The van der Waals surface area contributed by atoms with Crippen LogP contribution >= 0.6 is 23.2 Å². The van der Waals surface area contributed by atoms with Crippen molar-refractivity contribution in [3.05, 3.63) is 63.9 Å². The minimum atomic E-state index is -0.705. The summed E-state index contributed by atoms with van der Waals surface area (Å²) in [6.07, 6.45) is 3.54. The molecule has 4 rings (SSSR count). The second kappa shape index (κ2) is 5.86. The Morgan fingerprint density at radius 2 is 1.80 bits per heavy atom. The van der Waals surface area contributed by atoms with Crippen LogP contribution in [0, 0.1) is 0 Å². The molecule has 3 heterocycles. The molecule has 0 aliphatic carbocycles. The third kappa shape index (κ3) is 2.51. The van der Waals surface area contributed by atoms with Crippen molar-refractivity contribution in [3.63, 3.8) is 0 Å². The quantitative estimate of drug-likeness (QED) is 0.700. The highest BCUT2D eigenvalue weighted by Crippen LogP contribution is 2.43. The summed E-state index contributed by atoms with van der Waals surface area (Å²) in [6, 6.07) is 8.65. The maximum atomic E-state index is 12.6. The van der Waals surface area contributed by atoms with Crippen LogP contribution in [-0.2, 0) is 16.6 Å². The van der Waals surface area contributed by atoms with Crippen LogP contribution in [0.5, 0.6) is 0 Å². The van der Waals surface area contributed by atoms with Gasteiger partial charge in [0.15, 0.2) is 0 Å². The summed E-state index contributed by atoms with van der Waals surface area (Å²) in [7, 11) is 1.86. The van der Waals surface area contributed by atoms with E-state index in [0.717, 1.165) is 16.6 Å². The van der Waals surface area contributed by atoms with Gasteiger partial charge in [-0.15, -0.1) is 0 Å². The normalized spacial score (nSPS) is 20.3. The van der Waals surface area contributed by atoms with E-state index in [0.29, 0.717) is 15.6 Å². The molecule has 2 aromatic heterocycles. The number of nitrogens with zero attached hydrogens (tertiary/aromatic N) is 2. The van der Waals surface area contributed by atoms with E-state index in [4.69, 9.17) is 23.2 Å². The van der Waals surface area contributed by atoms with E-state index >= 15 is 0 Å². The van der Waals surface area contributed by atoms with Gasteiger partial charge in [0.2, 0.25) is 11.8 Å². The Hall–Kier alpha value is -2.37. The Labute approximate surface area is 153 Å².